The van der Waals surface area contributed by atoms with Gasteiger partial charge in [0.1, 0.15) is 0 Å². The van der Waals surface area contributed by atoms with Gasteiger partial charge in [-0.3, -0.25) is 0 Å². The van der Waals surface area contributed by atoms with E-state index in [0.29, 0.717) is 12.0 Å². The smallest absolute Gasteiger partial charge is 0.0600 e. The number of nitrogens with one attached hydrogen (secondary N) is 1. The molecule has 1 aliphatic carbocycles. The van der Waals surface area contributed by atoms with E-state index in [9.17, 15) is 5.11 Å². The van der Waals surface area contributed by atoms with E-state index in [0.717, 1.165) is 6.42 Å². The maximum absolute atomic E-state index is 10.00. The number of hydrogen-bond acceptors (Lipinski definition) is 2. The lowest BCUT2D eigenvalue weighted by Crippen LogP contribution is -2.62. The number of piperidine rings is 1. The van der Waals surface area contributed by atoms with Gasteiger partial charge in [0.15, 0.2) is 0 Å². The Bertz CT molecular complexity index is 195. The standard InChI is InChI=1S/C11H21NO/c1-8-7-10(13)9-5-3-4-6-11(9,2)12-8/h8-10,12-13H,3-7H2,1-2H3/t8-,9-,10?,11+/m1/s1. The predicted molar refractivity (Wildman–Crippen MR) is 53.6 cm³/mol. The minimum absolute atomic E-state index is 0.0680. The molecular formula is C11H21NO. The van der Waals surface area contributed by atoms with Crippen LogP contribution >= 0.6 is 0 Å². The summed E-state index contributed by atoms with van der Waals surface area (Å²) in [7, 11) is 0. The molecule has 2 nitrogen and oxygen atoms in total. The molecule has 2 rings (SSSR count). The van der Waals surface area contributed by atoms with Crippen LogP contribution in [0.1, 0.15) is 46.0 Å². The molecule has 1 saturated carbocycles. The van der Waals surface area contributed by atoms with Crippen molar-refractivity contribution in [2.45, 2.75) is 63.6 Å². The summed E-state index contributed by atoms with van der Waals surface area (Å²) in [6.45, 7) is 4.47. The van der Waals surface area contributed by atoms with Crippen molar-refractivity contribution in [3.05, 3.63) is 0 Å². The number of rotatable bonds is 0. The van der Waals surface area contributed by atoms with Gasteiger partial charge in [0.2, 0.25) is 0 Å². The third kappa shape index (κ3) is 1.62. The topological polar surface area (TPSA) is 32.3 Å². The Kier molecular flexibility index (Phi) is 2.37. The summed E-state index contributed by atoms with van der Waals surface area (Å²) in [4.78, 5) is 0. The van der Waals surface area contributed by atoms with Crippen LogP contribution in [-0.4, -0.2) is 22.8 Å². The zero-order chi connectivity index (χ0) is 9.47. The maximum atomic E-state index is 10.00. The quantitative estimate of drug-likeness (QED) is 0.599. The minimum Gasteiger partial charge on any atom is -0.393 e. The van der Waals surface area contributed by atoms with Crippen LogP contribution in [0, 0.1) is 5.92 Å². The van der Waals surface area contributed by atoms with Crippen LogP contribution in [0.4, 0.5) is 0 Å². The molecule has 0 aromatic rings. The Balaban J connectivity index is 2.15. The van der Waals surface area contributed by atoms with Crippen molar-refractivity contribution < 1.29 is 5.11 Å². The fourth-order valence-electron chi connectivity index (χ4n) is 3.30. The molecule has 1 unspecified atom stereocenters. The van der Waals surface area contributed by atoms with Crippen LogP contribution in [0.25, 0.3) is 0 Å². The molecule has 4 atom stereocenters. The van der Waals surface area contributed by atoms with Gasteiger partial charge in [0.05, 0.1) is 6.10 Å². The molecule has 0 aromatic heterocycles. The Hall–Kier alpha value is -0.0800. The summed E-state index contributed by atoms with van der Waals surface area (Å²) in [5.41, 5.74) is 0.218. The molecule has 13 heavy (non-hydrogen) atoms. The average molecular weight is 183 g/mol. The third-order valence-corrected chi connectivity index (χ3v) is 3.92. The lowest BCUT2D eigenvalue weighted by atomic mass is 9.67. The lowest BCUT2D eigenvalue weighted by molar-refractivity contribution is -0.0253. The van der Waals surface area contributed by atoms with E-state index in [4.69, 9.17) is 0 Å². The molecule has 0 spiro atoms. The highest BCUT2D eigenvalue weighted by molar-refractivity contribution is 5.01. The van der Waals surface area contributed by atoms with E-state index in [2.05, 4.69) is 19.2 Å². The molecule has 2 fully saturated rings. The first kappa shape index (κ1) is 9.47. The van der Waals surface area contributed by atoms with Gasteiger partial charge in [-0.2, -0.15) is 0 Å². The molecular weight excluding hydrogens is 162 g/mol. The molecule has 2 N–H and O–H groups in total. The van der Waals surface area contributed by atoms with E-state index < -0.39 is 0 Å². The zero-order valence-corrected chi connectivity index (χ0v) is 8.71. The fraction of sp³-hybridized carbons (Fsp3) is 1.00. The Labute approximate surface area is 80.7 Å². The van der Waals surface area contributed by atoms with E-state index in [1.807, 2.05) is 0 Å². The van der Waals surface area contributed by atoms with Gasteiger partial charge in [-0.05, 0) is 33.1 Å². The molecule has 76 valence electrons. The largest absolute Gasteiger partial charge is 0.393 e. The molecule has 1 saturated heterocycles. The molecule has 2 heteroatoms. The first-order chi connectivity index (χ1) is 6.12. The highest BCUT2D eigenvalue weighted by atomic mass is 16.3. The summed E-state index contributed by atoms with van der Waals surface area (Å²) in [6.07, 6.45) is 5.92. The number of aliphatic hydroxyl groups is 1. The molecule has 0 amide bonds. The van der Waals surface area contributed by atoms with Crippen LogP contribution in [0.15, 0.2) is 0 Å². The van der Waals surface area contributed by atoms with E-state index in [1.165, 1.54) is 25.7 Å². The normalized spacial score (nSPS) is 51.5. The third-order valence-electron chi connectivity index (χ3n) is 3.92. The van der Waals surface area contributed by atoms with E-state index in [-0.39, 0.29) is 11.6 Å². The highest BCUT2D eigenvalue weighted by Crippen LogP contribution is 2.40. The van der Waals surface area contributed by atoms with Gasteiger partial charge in [-0.1, -0.05) is 12.8 Å². The van der Waals surface area contributed by atoms with E-state index >= 15 is 0 Å². The van der Waals surface area contributed by atoms with Crippen molar-refractivity contribution in [2.24, 2.45) is 5.92 Å². The number of hydrogen-bond donors (Lipinski definition) is 2. The molecule has 0 aromatic carbocycles. The summed E-state index contributed by atoms with van der Waals surface area (Å²) in [6, 6.07) is 0.481. The molecule has 0 bridgehead atoms. The molecule has 1 heterocycles. The van der Waals surface area contributed by atoms with Crippen molar-refractivity contribution in [2.75, 3.05) is 0 Å². The van der Waals surface area contributed by atoms with Crippen LogP contribution in [0.2, 0.25) is 0 Å². The fourth-order valence-corrected chi connectivity index (χ4v) is 3.30. The summed E-state index contributed by atoms with van der Waals surface area (Å²) in [5, 5.41) is 13.7. The van der Waals surface area contributed by atoms with Gasteiger partial charge in [0, 0.05) is 17.5 Å². The summed E-state index contributed by atoms with van der Waals surface area (Å²) < 4.78 is 0. The van der Waals surface area contributed by atoms with Crippen molar-refractivity contribution in [3.8, 4) is 0 Å². The minimum atomic E-state index is -0.0680. The zero-order valence-electron chi connectivity index (χ0n) is 8.71. The number of fused-ring (bicyclic) bond motifs is 1. The van der Waals surface area contributed by atoms with Crippen LogP contribution in [-0.2, 0) is 0 Å². The Morgan fingerprint density at radius 3 is 2.92 bits per heavy atom. The van der Waals surface area contributed by atoms with Gasteiger partial charge in [0.25, 0.3) is 0 Å². The molecule has 1 aliphatic heterocycles. The Morgan fingerprint density at radius 2 is 2.15 bits per heavy atom. The second-order valence-corrected chi connectivity index (χ2v) is 5.12. The lowest BCUT2D eigenvalue weighted by Gasteiger charge is -2.50. The summed E-state index contributed by atoms with van der Waals surface area (Å²) in [5.74, 6) is 0.498. The second kappa shape index (κ2) is 3.25. The van der Waals surface area contributed by atoms with Gasteiger partial charge in [-0.15, -0.1) is 0 Å². The van der Waals surface area contributed by atoms with Crippen LogP contribution in [0.5, 0.6) is 0 Å². The second-order valence-electron chi connectivity index (χ2n) is 5.12. The monoisotopic (exact) mass is 183 g/mol. The molecule has 2 aliphatic rings. The Morgan fingerprint density at radius 1 is 1.38 bits per heavy atom. The average Bonchev–Trinajstić information content (AvgIpc) is 2.01. The first-order valence-electron chi connectivity index (χ1n) is 5.57. The maximum Gasteiger partial charge on any atom is 0.0600 e. The van der Waals surface area contributed by atoms with Gasteiger partial charge < -0.3 is 10.4 Å². The summed E-state index contributed by atoms with van der Waals surface area (Å²) >= 11 is 0. The van der Waals surface area contributed by atoms with Crippen molar-refractivity contribution >= 4 is 0 Å². The van der Waals surface area contributed by atoms with Crippen molar-refractivity contribution in [3.63, 3.8) is 0 Å². The van der Waals surface area contributed by atoms with Crippen LogP contribution in [0.3, 0.4) is 0 Å². The first-order valence-corrected chi connectivity index (χ1v) is 5.57. The van der Waals surface area contributed by atoms with Crippen molar-refractivity contribution in [1.82, 2.24) is 5.32 Å². The SMILES string of the molecule is C[C@@H]1CC(O)[C@H]2CCCC[C@]2(C)N1. The van der Waals surface area contributed by atoms with Crippen molar-refractivity contribution in [1.29, 1.82) is 0 Å². The van der Waals surface area contributed by atoms with Gasteiger partial charge >= 0.3 is 0 Å². The van der Waals surface area contributed by atoms with Gasteiger partial charge in [-0.25, -0.2) is 0 Å². The molecule has 0 radical (unpaired) electrons. The predicted octanol–water partition coefficient (Wildman–Crippen LogP) is 1.68. The highest BCUT2D eigenvalue weighted by Gasteiger charge is 2.44. The number of aliphatic hydroxyl groups excluding tert-OH is 1. The van der Waals surface area contributed by atoms with E-state index in [1.54, 1.807) is 0 Å². The van der Waals surface area contributed by atoms with Crippen LogP contribution < -0.4 is 5.32 Å².